The van der Waals surface area contributed by atoms with E-state index in [0.29, 0.717) is 11.6 Å². The predicted molar refractivity (Wildman–Crippen MR) is 63.7 cm³/mol. The van der Waals surface area contributed by atoms with Crippen LogP contribution in [0.1, 0.15) is 6.92 Å². The SMILES string of the molecule is CSCC(C)CNc1nn(C)cc1N. The maximum atomic E-state index is 5.75. The van der Waals surface area contributed by atoms with Gasteiger partial charge in [0.1, 0.15) is 0 Å². The number of hydrogen-bond acceptors (Lipinski definition) is 4. The molecule has 0 radical (unpaired) electrons. The molecule has 14 heavy (non-hydrogen) atoms. The summed E-state index contributed by atoms with van der Waals surface area (Å²) in [6, 6.07) is 0. The van der Waals surface area contributed by atoms with E-state index in [4.69, 9.17) is 5.73 Å². The molecule has 80 valence electrons. The van der Waals surface area contributed by atoms with E-state index in [1.54, 1.807) is 4.68 Å². The highest BCUT2D eigenvalue weighted by molar-refractivity contribution is 7.98. The number of rotatable bonds is 5. The maximum absolute atomic E-state index is 5.75. The maximum Gasteiger partial charge on any atom is 0.171 e. The first kappa shape index (κ1) is 11.2. The third-order valence-corrected chi connectivity index (χ3v) is 2.83. The van der Waals surface area contributed by atoms with Gasteiger partial charge in [-0.05, 0) is 17.9 Å². The van der Waals surface area contributed by atoms with Crippen LogP contribution in [-0.4, -0.2) is 28.3 Å². The van der Waals surface area contributed by atoms with E-state index in [9.17, 15) is 0 Å². The Balaban J connectivity index is 2.41. The number of nitrogens with one attached hydrogen (secondary N) is 1. The first-order chi connectivity index (χ1) is 6.63. The average Bonchev–Trinajstić information content (AvgIpc) is 2.42. The van der Waals surface area contributed by atoms with Crippen LogP contribution >= 0.6 is 11.8 Å². The minimum absolute atomic E-state index is 0.631. The fourth-order valence-electron chi connectivity index (χ4n) is 1.26. The second-order valence-corrected chi connectivity index (χ2v) is 4.46. The van der Waals surface area contributed by atoms with E-state index < -0.39 is 0 Å². The molecule has 0 bridgehead atoms. The van der Waals surface area contributed by atoms with Crippen LogP contribution in [0.25, 0.3) is 0 Å². The van der Waals surface area contributed by atoms with Gasteiger partial charge in [-0.1, -0.05) is 6.92 Å². The number of nitrogens with zero attached hydrogens (tertiary/aromatic N) is 2. The molecule has 4 nitrogen and oxygen atoms in total. The van der Waals surface area contributed by atoms with Gasteiger partial charge in [0.05, 0.1) is 5.69 Å². The van der Waals surface area contributed by atoms with Crippen LogP contribution in [0, 0.1) is 5.92 Å². The van der Waals surface area contributed by atoms with Gasteiger partial charge in [0, 0.05) is 19.8 Å². The fourth-order valence-corrected chi connectivity index (χ4v) is 1.95. The van der Waals surface area contributed by atoms with Crippen molar-refractivity contribution in [1.29, 1.82) is 0 Å². The van der Waals surface area contributed by atoms with Gasteiger partial charge in [-0.2, -0.15) is 16.9 Å². The Kier molecular flexibility index (Phi) is 4.13. The lowest BCUT2D eigenvalue weighted by Crippen LogP contribution is -2.14. The van der Waals surface area contributed by atoms with Crippen molar-refractivity contribution in [3.05, 3.63) is 6.20 Å². The normalized spacial score (nSPS) is 12.8. The summed E-state index contributed by atoms with van der Waals surface area (Å²) in [5.41, 5.74) is 6.46. The highest BCUT2D eigenvalue weighted by Crippen LogP contribution is 2.15. The Bertz CT molecular complexity index is 284. The molecule has 1 aromatic heterocycles. The van der Waals surface area contributed by atoms with Crippen LogP contribution in [0.3, 0.4) is 0 Å². The standard InChI is InChI=1S/C9H18N4S/c1-7(6-14-3)4-11-9-8(10)5-13(2)12-9/h5,7H,4,6,10H2,1-3H3,(H,11,12). The Hall–Kier alpha value is -0.840. The number of hydrogen-bond donors (Lipinski definition) is 2. The number of nitrogens with two attached hydrogens (primary N) is 1. The van der Waals surface area contributed by atoms with E-state index in [2.05, 4.69) is 23.6 Å². The van der Waals surface area contributed by atoms with Crippen LogP contribution in [0.15, 0.2) is 6.20 Å². The predicted octanol–water partition coefficient (Wildman–Crippen LogP) is 1.41. The van der Waals surface area contributed by atoms with Crippen molar-refractivity contribution < 1.29 is 0 Å². The highest BCUT2D eigenvalue weighted by Gasteiger charge is 2.05. The molecule has 0 fully saturated rings. The van der Waals surface area contributed by atoms with E-state index in [1.165, 1.54) is 0 Å². The lowest BCUT2D eigenvalue weighted by molar-refractivity contribution is 0.694. The zero-order chi connectivity index (χ0) is 10.6. The third-order valence-electron chi connectivity index (χ3n) is 1.93. The summed E-state index contributed by atoms with van der Waals surface area (Å²) < 4.78 is 1.72. The van der Waals surface area contributed by atoms with E-state index in [0.717, 1.165) is 18.1 Å². The van der Waals surface area contributed by atoms with Gasteiger partial charge in [-0.15, -0.1) is 0 Å². The second kappa shape index (κ2) is 5.14. The summed E-state index contributed by atoms with van der Waals surface area (Å²) in [6.07, 6.45) is 3.92. The molecule has 3 N–H and O–H groups in total. The molecule has 0 saturated heterocycles. The molecular formula is C9H18N4S. The number of anilines is 2. The first-order valence-corrected chi connectivity index (χ1v) is 6.04. The van der Waals surface area contributed by atoms with Crippen LogP contribution < -0.4 is 11.1 Å². The van der Waals surface area contributed by atoms with Gasteiger partial charge in [0.25, 0.3) is 0 Å². The molecule has 0 spiro atoms. The second-order valence-electron chi connectivity index (χ2n) is 3.55. The average molecular weight is 214 g/mol. The summed E-state index contributed by atoms with van der Waals surface area (Å²) in [5, 5.41) is 7.46. The number of nitrogen functional groups attached to an aromatic ring is 1. The van der Waals surface area contributed by atoms with Gasteiger partial charge in [0.2, 0.25) is 0 Å². The molecule has 0 aliphatic heterocycles. The molecule has 1 heterocycles. The summed E-state index contributed by atoms with van der Waals surface area (Å²) in [6.45, 7) is 3.13. The van der Waals surface area contributed by atoms with E-state index in [1.807, 2.05) is 25.0 Å². The van der Waals surface area contributed by atoms with Crippen LogP contribution in [0.4, 0.5) is 11.5 Å². The lowest BCUT2D eigenvalue weighted by Gasteiger charge is -2.10. The zero-order valence-corrected chi connectivity index (χ0v) is 9.77. The van der Waals surface area contributed by atoms with Crippen molar-refractivity contribution in [3.8, 4) is 0 Å². The fraction of sp³-hybridized carbons (Fsp3) is 0.667. The van der Waals surface area contributed by atoms with Crippen molar-refractivity contribution in [1.82, 2.24) is 9.78 Å². The molecule has 5 heteroatoms. The van der Waals surface area contributed by atoms with Crippen molar-refractivity contribution in [2.24, 2.45) is 13.0 Å². The molecule has 0 aromatic carbocycles. The summed E-state index contributed by atoms with van der Waals surface area (Å²) in [5.74, 6) is 2.58. The molecule has 0 aliphatic rings. The Morgan fingerprint density at radius 3 is 2.93 bits per heavy atom. The van der Waals surface area contributed by atoms with Crippen LogP contribution in [-0.2, 0) is 7.05 Å². The Morgan fingerprint density at radius 1 is 1.71 bits per heavy atom. The molecule has 1 aromatic rings. The van der Waals surface area contributed by atoms with Gasteiger partial charge in [-0.25, -0.2) is 0 Å². The Labute approximate surface area is 89.2 Å². The monoisotopic (exact) mass is 214 g/mol. The summed E-state index contributed by atoms with van der Waals surface area (Å²) in [4.78, 5) is 0. The van der Waals surface area contributed by atoms with Crippen LogP contribution in [0.5, 0.6) is 0 Å². The number of thioether (sulfide) groups is 1. The zero-order valence-electron chi connectivity index (χ0n) is 8.95. The minimum atomic E-state index is 0.631. The topological polar surface area (TPSA) is 55.9 Å². The number of aryl methyl sites for hydroxylation is 1. The van der Waals surface area contributed by atoms with Crippen molar-refractivity contribution in [2.45, 2.75) is 6.92 Å². The van der Waals surface area contributed by atoms with Crippen molar-refractivity contribution in [2.75, 3.05) is 29.6 Å². The van der Waals surface area contributed by atoms with Gasteiger partial charge >= 0.3 is 0 Å². The quantitative estimate of drug-likeness (QED) is 0.778. The third kappa shape index (κ3) is 3.14. The first-order valence-electron chi connectivity index (χ1n) is 4.65. The Morgan fingerprint density at radius 2 is 2.43 bits per heavy atom. The number of aromatic nitrogens is 2. The van der Waals surface area contributed by atoms with E-state index >= 15 is 0 Å². The minimum Gasteiger partial charge on any atom is -0.394 e. The summed E-state index contributed by atoms with van der Waals surface area (Å²) in [7, 11) is 1.87. The molecule has 0 aliphatic carbocycles. The molecule has 1 unspecified atom stereocenters. The van der Waals surface area contributed by atoms with Gasteiger partial charge in [0.15, 0.2) is 5.82 Å². The molecular weight excluding hydrogens is 196 g/mol. The lowest BCUT2D eigenvalue weighted by atomic mass is 10.2. The van der Waals surface area contributed by atoms with Gasteiger partial charge < -0.3 is 11.1 Å². The molecule has 0 saturated carbocycles. The largest absolute Gasteiger partial charge is 0.394 e. The van der Waals surface area contributed by atoms with Crippen LogP contribution in [0.2, 0.25) is 0 Å². The molecule has 0 amide bonds. The van der Waals surface area contributed by atoms with E-state index in [-0.39, 0.29) is 0 Å². The highest BCUT2D eigenvalue weighted by atomic mass is 32.2. The van der Waals surface area contributed by atoms with Crippen molar-refractivity contribution in [3.63, 3.8) is 0 Å². The summed E-state index contributed by atoms with van der Waals surface area (Å²) >= 11 is 1.86. The smallest absolute Gasteiger partial charge is 0.171 e. The van der Waals surface area contributed by atoms with Gasteiger partial charge in [-0.3, -0.25) is 4.68 Å². The molecule has 1 rings (SSSR count). The van der Waals surface area contributed by atoms with Crippen molar-refractivity contribution >= 4 is 23.3 Å². The molecule has 1 atom stereocenters.